The maximum Gasteiger partial charge on any atom is 0.314 e. The SMILES string of the molecule is COc1cc(OC2CCNCC2)c([N+](=O)[O-])cc1OC. The summed E-state index contributed by atoms with van der Waals surface area (Å²) in [5.41, 5.74) is -0.110. The number of nitrogens with zero attached hydrogens (tertiary/aromatic N) is 1. The van der Waals surface area contributed by atoms with E-state index in [9.17, 15) is 10.1 Å². The number of hydrogen-bond acceptors (Lipinski definition) is 6. The molecule has 0 unspecified atom stereocenters. The van der Waals surface area contributed by atoms with Crippen molar-refractivity contribution < 1.29 is 19.1 Å². The van der Waals surface area contributed by atoms with Crippen molar-refractivity contribution in [3.05, 3.63) is 22.2 Å². The molecule has 1 N–H and O–H groups in total. The molecule has 0 bridgehead atoms. The van der Waals surface area contributed by atoms with Crippen molar-refractivity contribution in [1.82, 2.24) is 5.32 Å². The lowest BCUT2D eigenvalue weighted by Crippen LogP contribution is -2.34. The molecule has 0 atom stereocenters. The van der Waals surface area contributed by atoms with Crippen LogP contribution in [0, 0.1) is 10.1 Å². The minimum Gasteiger partial charge on any atom is -0.493 e. The van der Waals surface area contributed by atoms with Gasteiger partial charge in [0.15, 0.2) is 11.5 Å². The molecule has 0 aliphatic carbocycles. The van der Waals surface area contributed by atoms with Gasteiger partial charge >= 0.3 is 5.69 Å². The van der Waals surface area contributed by atoms with E-state index in [4.69, 9.17) is 14.2 Å². The Morgan fingerprint density at radius 3 is 2.30 bits per heavy atom. The molecule has 1 aromatic carbocycles. The molecule has 1 aliphatic rings. The third-order valence-electron chi connectivity index (χ3n) is 3.24. The van der Waals surface area contributed by atoms with Crippen molar-refractivity contribution in [3.63, 3.8) is 0 Å². The predicted molar refractivity (Wildman–Crippen MR) is 72.7 cm³/mol. The Kier molecular flexibility index (Phi) is 4.62. The third-order valence-corrected chi connectivity index (χ3v) is 3.24. The molecule has 110 valence electrons. The number of rotatable bonds is 5. The second-order valence-corrected chi connectivity index (χ2v) is 4.50. The summed E-state index contributed by atoms with van der Waals surface area (Å²) >= 11 is 0. The standard InChI is InChI=1S/C13H18N2O5/c1-18-12-7-10(15(16)17)11(8-13(12)19-2)20-9-3-5-14-6-4-9/h7-9,14H,3-6H2,1-2H3. The first kappa shape index (κ1) is 14.4. The Balaban J connectivity index is 2.30. The van der Waals surface area contributed by atoms with Gasteiger partial charge < -0.3 is 19.5 Å². The van der Waals surface area contributed by atoms with Crippen LogP contribution in [0.25, 0.3) is 0 Å². The van der Waals surface area contributed by atoms with E-state index in [1.807, 2.05) is 0 Å². The largest absolute Gasteiger partial charge is 0.493 e. The van der Waals surface area contributed by atoms with Gasteiger partial charge in [0.25, 0.3) is 0 Å². The first-order chi connectivity index (χ1) is 9.65. The number of piperidine rings is 1. The van der Waals surface area contributed by atoms with Gasteiger partial charge in [0.2, 0.25) is 5.75 Å². The van der Waals surface area contributed by atoms with Crippen LogP contribution < -0.4 is 19.5 Å². The molecule has 0 saturated carbocycles. The van der Waals surface area contributed by atoms with Gasteiger partial charge in [-0.15, -0.1) is 0 Å². The van der Waals surface area contributed by atoms with Gasteiger partial charge in [0.1, 0.15) is 6.10 Å². The molecule has 1 fully saturated rings. The smallest absolute Gasteiger partial charge is 0.314 e. The average molecular weight is 282 g/mol. The molecule has 0 spiro atoms. The quantitative estimate of drug-likeness (QED) is 0.654. The number of nitrogens with one attached hydrogen (secondary N) is 1. The van der Waals surface area contributed by atoms with E-state index >= 15 is 0 Å². The summed E-state index contributed by atoms with van der Waals surface area (Å²) in [6.45, 7) is 1.71. The monoisotopic (exact) mass is 282 g/mol. The molecule has 1 aliphatic heterocycles. The van der Waals surface area contributed by atoms with Gasteiger partial charge in [0.05, 0.1) is 25.2 Å². The van der Waals surface area contributed by atoms with Crippen LogP contribution >= 0.6 is 0 Å². The van der Waals surface area contributed by atoms with E-state index in [1.165, 1.54) is 26.4 Å². The molecule has 0 aromatic heterocycles. The zero-order chi connectivity index (χ0) is 14.5. The first-order valence-electron chi connectivity index (χ1n) is 6.43. The van der Waals surface area contributed by atoms with Gasteiger partial charge in [-0.2, -0.15) is 0 Å². The van der Waals surface area contributed by atoms with Gasteiger partial charge in [-0.25, -0.2) is 0 Å². The normalized spacial score (nSPS) is 15.7. The summed E-state index contributed by atoms with van der Waals surface area (Å²) in [6, 6.07) is 2.84. The molecule has 20 heavy (non-hydrogen) atoms. The molecular formula is C13H18N2O5. The second-order valence-electron chi connectivity index (χ2n) is 4.50. The molecule has 2 rings (SSSR count). The summed E-state index contributed by atoms with van der Waals surface area (Å²) in [5.74, 6) is 0.957. The number of ether oxygens (including phenoxy) is 3. The molecule has 7 heteroatoms. The molecular weight excluding hydrogens is 264 g/mol. The number of nitro benzene ring substituents is 1. The minimum absolute atomic E-state index is 0.0203. The van der Waals surface area contributed by atoms with Crippen LogP contribution in [0.5, 0.6) is 17.2 Å². The highest BCUT2D eigenvalue weighted by Crippen LogP contribution is 2.39. The van der Waals surface area contributed by atoms with Crippen molar-refractivity contribution in [2.24, 2.45) is 0 Å². The Morgan fingerprint density at radius 1 is 1.15 bits per heavy atom. The minimum atomic E-state index is -0.474. The van der Waals surface area contributed by atoms with Crippen LogP contribution in [0.15, 0.2) is 12.1 Å². The van der Waals surface area contributed by atoms with Crippen LogP contribution in [0.2, 0.25) is 0 Å². The Bertz CT molecular complexity index is 486. The van der Waals surface area contributed by atoms with Crippen LogP contribution in [-0.4, -0.2) is 38.3 Å². The lowest BCUT2D eigenvalue weighted by Gasteiger charge is -2.24. The van der Waals surface area contributed by atoms with E-state index in [2.05, 4.69) is 5.32 Å². The third kappa shape index (κ3) is 3.11. The van der Waals surface area contributed by atoms with Crippen molar-refractivity contribution in [2.75, 3.05) is 27.3 Å². The number of hydrogen-bond donors (Lipinski definition) is 1. The molecule has 1 heterocycles. The van der Waals surface area contributed by atoms with Crippen molar-refractivity contribution in [1.29, 1.82) is 0 Å². The average Bonchev–Trinajstić information content (AvgIpc) is 2.47. The molecule has 1 aromatic rings. The van der Waals surface area contributed by atoms with Crippen molar-refractivity contribution in [3.8, 4) is 17.2 Å². The van der Waals surface area contributed by atoms with Gasteiger partial charge in [-0.1, -0.05) is 0 Å². The summed E-state index contributed by atoms with van der Waals surface area (Å²) in [6.07, 6.45) is 1.63. The van der Waals surface area contributed by atoms with Crippen molar-refractivity contribution in [2.45, 2.75) is 18.9 Å². The van der Waals surface area contributed by atoms with Gasteiger partial charge in [-0.05, 0) is 25.9 Å². The van der Waals surface area contributed by atoms with E-state index in [-0.39, 0.29) is 17.5 Å². The summed E-state index contributed by atoms with van der Waals surface area (Å²) in [4.78, 5) is 10.7. The highest BCUT2D eigenvalue weighted by atomic mass is 16.6. The fourth-order valence-corrected chi connectivity index (χ4v) is 2.18. The highest BCUT2D eigenvalue weighted by molar-refractivity contribution is 5.58. The number of methoxy groups -OCH3 is 2. The molecule has 0 radical (unpaired) electrons. The summed E-state index contributed by atoms with van der Waals surface area (Å²) in [5, 5.41) is 14.4. The number of nitro groups is 1. The number of benzene rings is 1. The van der Waals surface area contributed by atoms with Gasteiger partial charge in [-0.3, -0.25) is 10.1 Å². The maximum atomic E-state index is 11.1. The fraction of sp³-hybridized carbons (Fsp3) is 0.538. The fourth-order valence-electron chi connectivity index (χ4n) is 2.18. The molecule has 7 nitrogen and oxygen atoms in total. The van der Waals surface area contributed by atoms with E-state index in [0.717, 1.165) is 25.9 Å². The zero-order valence-corrected chi connectivity index (χ0v) is 11.5. The molecule has 1 saturated heterocycles. The Morgan fingerprint density at radius 2 is 1.75 bits per heavy atom. The van der Waals surface area contributed by atoms with E-state index in [1.54, 1.807) is 0 Å². The summed E-state index contributed by atoms with van der Waals surface area (Å²) in [7, 11) is 2.92. The van der Waals surface area contributed by atoms with E-state index in [0.29, 0.717) is 11.5 Å². The van der Waals surface area contributed by atoms with Crippen LogP contribution in [0.3, 0.4) is 0 Å². The summed E-state index contributed by atoms with van der Waals surface area (Å²) < 4.78 is 16.0. The van der Waals surface area contributed by atoms with Crippen LogP contribution in [0.1, 0.15) is 12.8 Å². The van der Waals surface area contributed by atoms with Crippen molar-refractivity contribution >= 4 is 5.69 Å². The maximum absolute atomic E-state index is 11.1. The predicted octanol–water partition coefficient (Wildman–Crippen LogP) is 1.74. The first-order valence-corrected chi connectivity index (χ1v) is 6.43. The zero-order valence-electron chi connectivity index (χ0n) is 11.5. The topological polar surface area (TPSA) is 82.9 Å². The Labute approximate surface area is 117 Å². The lowest BCUT2D eigenvalue weighted by atomic mass is 10.1. The van der Waals surface area contributed by atoms with Crippen LogP contribution in [0.4, 0.5) is 5.69 Å². The molecule has 0 amide bonds. The second kappa shape index (κ2) is 6.42. The lowest BCUT2D eigenvalue weighted by molar-refractivity contribution is -0.386. The van der Waals surface area contributed by atoms with Gasteiger partial charge in [0, 0.05) is 6.07 Å². The highest BCUT2D eigenvalue weighted by Gasteiger charge is 2.24. The Hall–Kier alpha value is -2.02. The van der Waals surface area contributed by atoms with Crippen LogP contribution in [-0.2, 0) is 0 Å². The van der Waals surface area contributed by atoms with E-state index < -0.39 is 4.92 Å².